The van der Waals surface area contributed by atoms with Gasteiger partial charge in [-0.2, -0.15) is 5.10 Å². The van der Waals surface area contributed by atoms with Crippen LogP contribution in [-0.4, -0.2) is 49.0 Å². The number of benzene rings is 1. The van der Waals surface area contributed by atoms with Gasteiger partial charge in [0, 0.05) is 32.3 Å². The molecule has 34 heavy (non-hydrogen) atoms. The van der Waals surface area contributed by atoms with Crippen LogP contribution in [0.15, 0.2) is 53.5 Å². The number of anilines is 1. The lowest BCUT2D eigenvalue weighted by Crippen LogP contribution is -2.41. The van der Waals surface area contributed by atoms with Gasteiger partial charge in [0.1, 0.15) is 28.3 Å². The van der Waals surface area contributed by atoms with Crippen molar-refractivity contribution >= 4 is 27.7 Å². The van der Waals surface area contributed by atoms with E-state index in [9.17, 15) is 13.6 Å². The zero-order chi connectivity index (χ0) is 24.5. The van der Waals surface area contributed by atoms with Crippen LogP contribution in [0.25, 0.3) is 5.69 Å². The van der Waals surface area contributed by atoms with Gasteiger partial charge >= 0.3 is 0 Å². The summed E-state index contributed by atoms with van der Waals surface area (Å²) in [6.07, 6.45) is 2.92. The minimum atomic E-state index is -0.818. The molecular weight excluding hydrogens is 510 g/mol. The van der Waals surface area contributed by atoms with Crippen LogP contribution in [0.5, 0.6) is 0 Å². The normalized spacial score (nSPS) is 12.9. The van der Waals surface area contributed by atoms with E-state index in [0.29, 0.717) is 10.3 Å². The Hall–Kier alpha value is -3.67. The second kappa shape index (κ2) is 9.29. The quantitative estimate of drug-likeness (QED) is 0.355. The van der Waals surface area contributed by atoms with Gasteiger partial charge in [0.15, 0.2) is 5.82 Å². The highest BCUT2D eigenvalue weighted by molar-refractivity contribution is 9.10. The van der Waals surface area contributed by atoms with Crippen LogP contribution in [-0.2, 0) is 12.5 Å². The summed E-state index contributed by atoms with van der Waals surface area (Å²) >= 11 is 3.41. The highest BCUT2D eigenvalue weighted by Gasteiger charge is 2.35. The van der Waals surface area contributed by atoms with E-state index in [1.807, 2.05) is 32.2 Å². The lowest BCUT2D eigenvalue weighted by molar-refractivity contribution is 0.0936. The molecule has 0 saturated heterocycles. The number of aromatic nitrogens is 6. The first-order valence-corrected chi connectivity index (χ1v) is 11.0. The van der Waals surface area contributed by atoms with Crippen LogP contribution in [0.3, 0.4) is 0 Å². The number of nitrogens with zero attached hydrogens (tertiary/aromatic N) is 6. The third kappa shape index (κ3) is 4.40. The highest BCUT2D eigenvalue weighted by Crippen LogP contribution is 2.35. The Balaban J connectivity index is 1.62. The number of nitrogens with one attached hydrogen (secondary N) is 2. The first-order chi connectivity index (χ1) is 16.2. The maximum Gasteiger partial charge on any atom is 0.291 e. The van der Waals surface area contributed by atoms with Gasteiger partial charge in [-0.05, 0) is 47.1 Å². The summed E-state index contributed by atoms with van der Waals surface area (Å²) in [5.74, 6) is -1.48. The number of pyridine rings is 1. The number of hydrogen-bond donors (Lipinski definition) is 2. The van der Waals surface area contributed by atoms with Gasteiger partial charge in [0.2, 0.25) is 5.82 Å². The molecule has 0 bridgehead atoms. The van der Waals surface area contributed by atoms with Crippen LogP contribution >= 0.6 is 15.9 Å². The number of amides is 1. The summed E-state index contributed by atoms with van der Waals surface area (Å²) in [5, 5.41) is 14.4. The van der Waals surface area contributed by atoms with Gasteiger partial charge in [-0.3, -0.25) is 9.48 Å². The number of hydrogen-bond acceptors (Lipinski definition) is 6. The molecule has 0 saturated carbocycles. The van der Waals surface area contributed by atoms with Gasteiger partial charge in [-0.25, -0.2) is 23.4 Å². The zero-order valence-corrected chi connectivity index (χ0v) is 20.1. The van der Waals surface area contributed by atoms with Crippen LogP contribution in [0.2, 0.25) is 0 Å². The maximum atomic E-state index is 14.1. The van der Waals surface area contributed by atoms with E-state index in [1.165, 1.54) is 12.4 Å². The molecule has 1 unspecified atom stereocenters. The zero-order valence-electron chi connectivity index (χ0n) is 18.6. The Morgan fingerprint density at radius 2 is 2.03 bits per heavy atom. The third-order valence-electron chi connectivity index (χ3n) is 5.50. The molecule has 3 heterocycles. The van der Waals surface area contributed by atoms with Crippen molar-refractivity contribution in [3.05, 3.63) is 82.2 Å². The molecule has 1 aromatic carbocycles. The second-order valence-corrected chi connectivity index (χ2v) is 8.56. The molecule has 1 atom stereocenters. The van der Waals surface area contributed by atoms with Crippen molar-refractivity contribution in [1.29, 1.82) is 0 Å². The monoisotopic (exact) mass is 530 g/mol. The van der Waals surface area contributed by atoms with E-state index in [-0.39, 0.29) is 18.1 Å². The van der Waals surface area contributed by atoms with Crippen LogP contribution in [0.4, 0.5) is 14.6 Å². The molecule has 4 aromatic rings. The molecule has 0 fully saturated rings. The van der Waals surface area contributed by atoms with Gasteiger partial charge in [-0.15, -0.1) is 5.10 Å². The summed E-state index contributed by atoms with van der Waals surface area (Å²) in [7, 11) is 3.60. The van der Waals surface area contributed by atoms with Gasteiger partial charge in [0.25, 0.3) is 5.91 Å². The summed E-state index contributed by atoms with van der Waals surface area (Å²) in [6.45, 7) is 2.09. The molecule has 176 valence electrons. The topological polar surface area (TPSA) is 103 Å². The highest BCUT2D eigenvalue weighted by atomic mass is 79.9. The lowest BCUT2D eigenvalue weighted by Gasteiger charge is -2.29. The van der Waals surface area contributed by atoms with E-state index in [4.69, 9.17) is 0 Å². The Labute approximate surface area is 202 Å². The predicted molar refractivity (Wildman–Crippen MR) is 125 cm³/mol. The number of aryl methyl sites for hydroxylation is 1. The molecule has 0 spiro atoms. The SMILES string of the molecule is CNc1c(C(C)(CNC(=O)c2ncn(-c3ccc(F)cc3F)n2)c2cccc(Br)n2)cnn1C. The van der Waals surface area contributed by atoms with Gasteiger partial charge in [0.05, 0.1) is 17.3 Å². The average molecular weight is 531 g/mol. The van der Waals surface area contributed by atoms with Crippen molar-refractivity contribution in [2.24, 2.45) is 7.05 Å². The largest absolute Gasteiger partial charge is 0.373 e. The Bertz CT molecular complexity index is 1350. The van der Waals surface area contributed by atoms with Gasteiger partial charge in [-0.1, -0.05) is 6.07 Å². The van der Waals surface area contributed by atoms with E-state index >= 15 is 0 Å². The molecule has 0 radical (unpaired) electrons. The fourth-order valence-electron chi connectivity index (χ4n) is 3.66. The Morgan fingerprint density at radius 3 is 2.74 bits per heavy atom. The molecule has 0 aliphatic carbocycles. The molecule has 3 aromatic heterocycles. The summed E-state index contributed by atoms with van der Waals surface area (Å²) in [6, 6.07) is 8.61. The number of carbonyl (C=O) groups excluding carboxylic acids is 1. The lowest BCUT2D eigenvalue weighted by atomic mass is 9.79. The van der Waals surface area contributed by atoms with E-state index < -0.39 is 23.0 Å². The summed E-state index contributed by atoms with van der Waals surface area (Å²) in [4.78, 5) is 21.5. The van der Waals surface area contributed by atoms with E-state index in [0.717, 1.165) is 28.2 Å². The minimum absolute atomic E-state index is 0.0230. The van der Waals surface area contributed by atoms with Crippen molar-refractivity contribution in [3.8, 4) is 5.69 Å². The molecule has 1 amide bonds. The van der Waals surface area contributed by atoms with Gasteiger partial charge < -0.3 is 10.6 Å². The van der Waals surface area contributed by atoms with Crippen molar-refractivity contribution in [2.45, 2.75) is 12.3 Å². The standard InChI is InChI=1S/C22H21BrF2N8O/c1-22(17-5-4-6-18(23)30-17,14-10-29-32(3)20(14)26-2)11-27-21(34)19-28-12-33(31-19)16-8-7-13(24)9-15(16)25/h4-10,12,26H,11H2,1-3H3,(H,27,34). The van der Waals surface area contributed by atoms with E-state index in [2.05, 4.69) is 46.7 Å². The van der Waals surface area contributed by atoms with E-state index in [1.54, 1.807) is 17.9 Å². The number of carbonyl (C=O) groups is 1. The molecule has 12 heteroatoms. The first-order valence-electron chi connectivity index (χ1n) is 10.2. The fourth-order valence-corrected chi connectivity index (χ4v) is 4.01. The van der Waals surface area contributed by atoms with Crippen molar-refractivity contribution < 1.29 is 13.6 Å². The van der Waals surface area contributed by atoms with Crippen molar-refractivity contribution in [1.82, 2.24) is 34.8 Å². The smallest absolute Gasteiger partial charge is 0.291 e. The number of rotatable bonds is 7. The molecule has 9 nitrogen and oxygen atoms in total. The van der Waals surface area contributed by atoms with Crippen LogP contribution < -0.4 is 10.6 Å². The molecule has 4 rings (SSSR count). The predicted octanol–water partition coefficient (Wildman–Crippen LogP) is 3.21. The van der Waals surface area contributed by atoms with Crippen LogP contribution in [0.1, 0.15) is 28.8 Å². The maximum absolute atomic E-state index is 14.1. The Morgan fingerprint density at radius 1 is 1.24 bits per heavy atom. The number of halogens is 3. The third-order valence-corrected chi connectivity index (χ3v) is 5.95. The Kier molecular flexibility index (Phi) is 6.42. The summed E-state index contributed by atoms with van der Waals surface area (Å²) in [5.41, 5.74) is 0.747. The molecule has 2 N–H and O–H groups in total. The van der Waals surface area contributed by atoms with Crippen molar-refractivity contribution in [3.63, 3.8) is 0 Å². The first kappa shape index (κ1) is 23.5. The minimum Gasteiger partial charge on any atom is -0.373 e. The molecule has 0 aliphatic rings. The second-order valence-electron chi connectivity index (χ2n) is 7.75. The fraction of sp³-hybridized carbons (Fsp3) is 0.227. The average Bonchev–Trinajstić information content (AvgIpc) is 3.44. The molecule has 0 aliphatic heterocycles. The molecular formula is C22H21BrF2N8O. The van der Waals surface area contributed by atoms with Crippen molar-refractivity contribution in [2.75, 3.05) is 18.9 Å². The summed E-state index contributed by atoms with van der Waals surface area (Å²) < 4.78 is 30.7. The van der Waals surface area contributed by atoms with Crippen LogP contribution in [0, 0.1) is 11.6 Å².